The smallest absolute Gasteiger partial charge is 0.123 e. The van der Waals surface area contributed by atoms with E-state index in [1.165, 1.54) is 12.1 Å². The van der Waals surface area contributed by atoms with Gasteiger partial charge in [0.2, 0.25) is 0 Å². The highest BCUT2D eigenvalue weighted by molar-refractivity contribution is 5.22. The van der Waals surface area contributed by atoms with Crippen molar-refractivity contribution in [3.05, 3.63) is 30.1 Å². The van der Waals surface area contributed by atoms with Gasteiger partial charge in [0, 0.05) is 6.61 Å². The van der Waals surface area contributed by atoms with Crippen LogP contribution < -0.4 is 4.74 Å². The van der Waals surface area contributed by atoms with Crippen molar-refractivity contribution in [1.82, 2.24) is 0 Å². The van der Waals surface area contributed by atoms with E-state index in [0.717, 1.165) is 19.4 Å². The van der Waals surface area contributed by atoms with Crippen LogP contribution in [0.2, 0.25) is 0 Å². The van der Waals surface area contributed by atoms with Gasteiger partial charge in [0.15, 0.2) is 0 Å². The van der Waals surface area contributed by atoms with E-state index in [1.54, 1.807) is 12.1 Å². The highest BCUT2D eigenvalue weighted by Crippen LogP contribution is 2.17. The molecular formula is C11H13FO2. The maximum atomic E-state index is 12.6. The van der Waals surface area contributed by atoms with Crippen LogP contribution in [0.5, 0.6) is 5.75 Å². The summed E-state index contributed by atoms with van der Waals surface area (Å²) in [7, 11) is 0. The van der Waals surface area contributed by atoms with E-state index < -0.39 is 0 Å². The summed E-state index contributed by atoms with van der Waals surface area (Å²) >= 11 is 0. The molecule has 0 aromatic heterocycles. The maximum Gasteiger partial charge on any atom is 0.123 e. The molecule has 1 heterocycles. The summed E-state index contributed by atoms with van der Waals surface area (Å²) in [5.41, 5.74) is 0. The van der Waals surface area contributed by atoms with Crippen LogP contribution in [0.4, 0.5) is 4.39 Å². The Balaban J connectivity index is 1.92. The summed E-state index contributed by atoms with van der Waals surface area (Å²) in [6.45, 7) is 1.46. The third-order valence-electron chi connectivity index (χ3n) is 2.23. The molecule has 1 unspecified atom stereocenters. The van der Waals surface area contributed by atoms with Crippen molar-refractivity contribution < 1.29 is 13.9 Å². The molecule has 1 atom stereocenters. The van der Waals surface area contributed by atoms with Crippen LogP contribution in [0.3, 0.4) is 0 Å². The molecule has 1 aromatic rings. The lowest BCUT2D eigenvalue weighted by molar-refractivity contribution is 0.00740. The van der Waals surface area contributed by atoms with Crippen LogP contribution in [-0.2, 0) is 4.74 Å². The molecule has 0 aliphatic carbocycles. The molecular weight excluding hydrogens is 183 g/mol. The highest BCUT2D eigenvalue weighted by atomic mass is 19.1. The van der Waals surface area contributed by atoms with Gasteiger partial charge in [-0.05, 0) is 37.1 Å². The Hall–Kier alpha value is -1.09. The van der Waals surface area contributed by atoms with E-state index in [-0.39, 0.29) is 11.9 Å². The van der Waals surface area contributed by atoms with Crippen molar-refractivity contribution in [2.45, 2.75) is 18.9 Å². The molecule has 0 saturated carbocycles. The van der Waals surface area contributed by atoms with Crippen LogP contribution in [0.15, 0.2) is 24.3 Å². The fourth-order valence-corrected chi connectivity index (χ4v) is 1.51. The number of benzene rings is 1. The molecule has 0 amide bonds. The monoisotopic (exact) mass is 196 g/mol. The van der Waals surface area contributed by atoms with Gasteiger partial charge in [0.1, 0.15) is 17.7 Å². The van der Waals surface area contributed by atoms with Crippen molar-refractivity contribution in [2.24, 2.45) is 0 Å². The second-order valence-corrected chi connectivity index (χ2v) is 3.41. The van der Waals surface area contributed by atoms with E-state index in [4.69, 9.17) is 9.47 Å². The Labute approximate surface area is 82.6 Å². The Morgan fingerprint density at radius 2 is 2.07 bits per heavy atom. The van der Waals surface area contributed by atoms with Gasteiger partial charge in [-0.2, -0.15) is 0 Å². The van der Waals surface area contributed by atoms with Gasteiger partial charge >= 0.3 is 0 Å². The third kappa shape index (κ3) is 2.45. The second kappa shape index (κ2) is 4.42. The van der Waals surface area contributed by atoms with Crippen molar-refractivity contribution in [1.29, 1.82) is 0 Å². The zero-order valence-corrected chi connectivity index (χ0v) is 7.91. The van der Waals surface area contributed by atoms with E-state index >= 15 is 0 Å². The quantitative estimate of drug-likeness (QED) is 0.723. The SMILES string of the molecule is Fc1ccc(OC2CCCOC2)cc1. The first kappa shape index (κ1) is 9.46. The van der Waals surface area contributed by atoms with Gasteiger partial charge in [0.05, 0.1) is 6.61 Å². The molecule has 0 N–H and O–H groups in total. The van der Waals surface area contributed by atoms with Gasteiger partial charge in [-0.1, -0.05) is 0 Å². The van der Waals surface area contributed by atoms with E-state index in [0.29, 0.717) is 12.4 Å². The number of hydrogen-bond acceptors (Lipinski definition) is 2. The molecule has 3 heteroatoms. The summed E-state index contributed by atoms with van der Waals surface area (Å²) in [4.78, 5) is 0. The molecule has 14 heavy (non-hydrogen) atoms. The minimum absolute atomic E-state index is 0.120. The average molecular weight is 196 g/mol. The maximum absolute atomic E-state index is 12.6. The largest absolute Gasteiger partial charge is 0.488 e. The lowest BCUT2D eigenvalue weighted by Gasteiger charge is -2.23. The van der Waals surface area contributed by atoms with E-state index in [2.05, 4.69) is 0 Å². The minimum Gasteiger partial charge on any atom is -0.488 e. The standard InChI is InChI=1S/C11H13FO2/c12-9-3-5-10(6-4-9)14-11-2-1-7-13-8-11/h3-6,11H,1-2,7-8H2. The number of rotatable bonds is 2. The summed E-state index contributed by atoms with van der Waals surface area (Å²) in [5, 5.41) is 0. The summed E-state index contributed by atoms with van der Waals surface area (Å²) < 4.78 is 23.5. The van der Waals surface area contributed by atoms with Gasteiger partial charge in [-0.3, -0.25) is 0 Å². The van der Waals surface area contributed by atoms with Crippen molar-refractivity contribution >= 4 is 0 Å². The molecule has 2 nitrogen and oxygen atoms in total. The molecule has 1 fully saturated rings. The molecule has 1 saturated heterocycles. The first-order valence-corrected chi connectivity index (χ1v) is 4.84. The van der Waals surface area contributed by atoms with Gasteiger partial charge in [-0.25, -0.2) is 4.39 Å². The molecule has 0 radical (unpaired) electrons. The normalized spacial score (nSPS) is 21.9. The molecule has 1 aliphatic rings. The van der Waals surface area contributed by atoms with Crippen molar-refractivity contribution in [3.63, 3.8) is 0 Å². The topological polar surface area (TPSA) is 18.5 Å². The lowest BCUT2D eigenvalue weighted by atomic mass is 10.2. The predicted octanol–water partition coefficient (Wildman–Crippen LogP) is 2.38. The zero-order chi connectivity index (χ0) is 9.80. The number of hydrogen-bond donors (Lipinski definition) is 0. The molecule has 1 aromatic carbocycles. The fourth-order valence-electron chi connectivity index (χ4n) is 1.51. The first-order chi connectivity index (χ1) is 6.84. The Bertz CT molecular complexity index is 278. The van der Waals surface area contributed by atoms with Crippen molar-refractivity contribution in [3.8, 4) is 5.75 Å². The first-order valence-electron chi connectivity index (χ1n) is 4.84. The minimum atomic E-state index is -0.239. The number of halogens is 1. The van der Waals surface area contributed by atoms with Crippen LogP contribution in [0.25, 0.3) is 0 Å². The molecule has 0 spiro atoms. The van der Waals surface area contributed by atoms with Crippen LogP contribution in [0.1, 0.15) is 12.8 Å². The lowest BCUT2D eigenvalue weighted by Crippen LogP contribution is -2.27. The summed E-state index contributed by atoms with van der Waals surface area (Å²) in [6.07, 6.45) is 2.16. The van der Waals surface area contributed by atoms with Crippen molar-refractivity contribution in [2.75, 3.05) is 13.2 Å². The Morgan fingerprint density at radius 1 is 1.29 bits per heavy atom. The predicted molar refractivity (Wildman–Crippen MR) is 50.9 cm³/mol. The van der Waals surface area contributed by atoms with E-state index in [9.17, 15) is 4.39 Å². The Kier molecular flexibility index (Phi) is 2.99. The number of ether oxygens (including phenoxy) is 2. The summed E-state index contributed by atoms with van der Waals surface area (Å²) in [6, 6.07) is 6.09. The summed E-state index contributed by atoms with van der Waals surface area (Å²) in [5.74, 6) is 0.471. The third-order valence-corrected chi connectivity index (χ3v) is 2.23. The second-order valence-electron chi connectivity index (χ2n) is 3.41. The average Bonchev–Trinajstić information content (AvgIpc) is 2.23. The van der Waals surface area contributed by atoms with E-state index in [1.807, 2.05) is 0 Å². The zero-order valence-electron chi connectivity index (χ0n) is 7.91. The Morgan fingerprint density at radius 3 is 2.71 bits per heavy atom. The van der Waals surface area contributed by atoms with Crippen LogP contribution in [-0.4, -0.2) is 19.3 Å². The van der Waals surface area contributed by atoms with Crippen LogP contribution in [0, 0.1) is 5.82 Å². The molecule has 1 aliphatic heterocycles. The fraction of sp³-hybridized carbons (Fsp3) is 0.455. The molecule has 2 rings (SSSR count). The molecule has 76 valence electrons. The molecule has 0 bridgehead atoms. The van der Waals surface area contributed by atoms with Gasteiger partial charge in [-0.15, -0.1) is 0 Å². The van der Waals surface area contributed by atoms with Gasteiger partial charge in [0.25, 0.3) is 0 Å². The van der Waals surface area contributed by atoms with Crippen LogP contribution >= 0.6 is 0 Å². The highest BCUT2D eigenvalue weighted by Gasteiger charge is 2.14. The van der Waals surface area contributed by atoms with Gasteiger partial charge < -0.3 is 9.47 Å².